The lowest BCUT2D eigenvalue weighted by molar-refractivity contribution is -0.137. The SMILES string of the molecule is Cc1cccc(-c2ccc(C(F)(F)F)c(-c3cccc(C)c3)c2)c1. The number of benzene rings is 3. The molecular weight excluding hydrogens is 309 g/mol. The molecular formula is C21H17F3. The molecule has 0 bridgehead atoms. The normalized spacial score (nSPS) is 11.5. The van der Waals surface area contributed by atoms with Gasteiger partial charge < -0.3 is 0 Å². The van der Waals surface area contributed by atoms with Crippen molar-refractivity contribution < 1.29 is 13.2 Å². The zero-order chi connectivity index (χ0) is 17.3. The summed E-state index contributed by atoms with van der Waals surface area (Å²) in [6.07, 6.45) is -4.38. The minimum absolute atomic E-state index is 0.213. The Bertz CT molecular complexity index is 876. The van der Waals surface area contributed by atoms with Crippen LogP contribution >= 0.6 is 0 Å². The maximum atomic E-state index is 13.4. The Morgan fingerprint density at radius 2 is 1.17 bits per heavy atom. The van der Waals surface area contributed by atoms with Gasteiger partial charge in [-0.05, 0) is 48.2 Å². The van der Waals surface area contributed by atoms with Crippen LogP contribution in [-0.2, 0) is 6.18 Å². The molecule has 0 amide bonds. The smallest absolute Gasteiger partial charge is 0.166 e. The standard InChI is InChI=1S/C21H17F3/c1-14-5-3-7-16(11-14)17-9-10-20(21(22,23)24)19(13-17)18-8-4-6-15(2)12-18/h3-13H,1-2H3. The van der Waals surface area contributed by atoms with Crippen molar-refractivity contribution in [1.29, 1.82) is 0 Å². The molecule has 3 aromatic rings. The first-order valence-corrected chi connectivity index (χ1v) is 7.70. The van der Waals surface area contributed by atoms with E-state index >= 15 is 0 Å². The Labute approximate surface area is 139 Å². The molecule has 0 unspecified atom stereocenters. The third kappa shape index (κ3) is 3.35. The van der Waals surface area contributed by atoms with Crippen LogP contribution in [0.25, 0.3) is 22.3 Å². The molecule has 0 N–H and O–H groups in total. The van der Waals surface area contributed by atoms with Crippen molar-refractivity contribution in [1.82, 2.24) is 0 Å². The summed E-state index contributed by atoms with van der Waals surface area (Å²) in [6, 6.07) is 19.3. The Kier molecular flexibility index (Phi) is 4.18. The van der Waals surface area contributed by atoms with E-state index in [4.69, 9.17) is 0 Å². The molecule has 122 valence electrons. The minimum Gasteiger partial charge on any atom is -0.166 e. The van der Waals surface area contributed by atoms with E-state index in [2.05, 4.69) is 0 Å². The fourth-order valence-corrected chi connectivity index (χ4v) is 2.85. The zero-order valence-corrected chi connectivity index (χ0v) is 13.5. The number of rotatable bonds is 2. The second-order valence-electron chi connectivity index (χ2n) is 6.00. The maximum Gasteiger partial charge on any atom is 0.417 e. The van der Waals surface area contributed by atoms with Crippen molar-refractivity contribution in [2.45, 2.75) is 20.0 Å². The molecule has 24 heavy (non-hydrogen) atoms. The minimum atomic E-state index is -4.38. The fraction of sp³-hybridized carbons (Fsp3) is 0.143. The monoisotopic (exact) mass is 326 g/mol. The van der Waals surface area contributed by atoms with Crippen molar-refractivity contribution in [3.05, 3.63) is 83.4 Å². The molecule has 0 saturated carbocycles. The summed E-state index contributed by atoms with van der Waals surface area (Å²) in [4.78, 5) is 0. The van der Waals surface area contributed by atoms with Crippen LogP contribution in [0.4, 0.5) is 13.2 Å². The van der Waals surface area contributed by atoms with Gasteiger partial charge in [-0.3, -0.25) is 0 Å². The Morgan fingerprint density at radius 1 is 0.625 bits per heavy atom. The summed E-state index contributed by atoms with van der Waals surface area (Å²) in [5.41, 5.74) is 3.89. The van der Waals surface area contributed by atoms with E-state index in [1.54, 1.807) is 24.3 Å². The van der Waals surface area contributed by atoms with E-state index in [0.29, 0.717) is 5.56 Å². The van der Waals surface area contributed by atoms with Crippen LogP contribution in [0.3, 0.4) is 0 Å². The summed E-state index contributed by atoms with van der Waals surface area (Å²) >= 11 is 0. The molecule has 0 nitrogen and oxygen atoms in total. The highest BCUT2D eigenvalue weighted by molar-refractivity contribution is 5.76. The third-order valence-electron chi connectivity index (χ3n) is 4.01. The van der Waals surface area contributed by atoms with E-state index in [9.17, 15) is 13.2 Å². The number of alkyl halides is 3. The molecule has 0 radical (unpaired) electrons. The van der Waals surface area contributed by atoms with E-state index in [1.807, 2.05) is 44.2 Å². The van der Waals surface area contributed by atoms with Gasteiger partial charge in [0, 0.05) is 0 Å². The Balaban J connectivity index is 2.22. The van der Waals surface area contributed by atoms with Crippen molar-refractivity contribution in [3.8, 4) is 22.3 Å². The predicted molar refractivity (Wildman–Crippen MR) is 91.8 cm³/mol. The van der Waals surface area contributed by atoms with Crippen LogP contribution in [0.5, 0.6) is 0 Å². The fourth-order valence-electron chi connectivity index (χ4n) is 2.85. The third-order valence-corrected chi connectivity index (χ3v) is 4.01. The summed E-state index contributed by atoms with van der Waals surface area (Å²) in [5, 5.41) is 0. The average Bonchev–Trinajstić information content (AvgIpc) is 2.53. The first-order valence-electron chi connectivity index (χ1n) is 7.70. The molecule has 0 spiro atoms. The van der Waals surface area contributed by atoms with E-state index < -0.39 is 11.7 Å². The van der Waals surface area contributed by atoms with Crippen LogP contribution in [-0.4, -0.2) is 0 Å². The molecule has 3 heteroatoms. The molecule has 0 fully saturated rings. The average molecular weight is 326 g/mol. The molecule has 0 atom stereocenters. The second-order valence-corrected chi connectivity index (χ2v) is 6.00. The summed E-state index contributed by atoms with van der Waals surface area (Å²) in [7, 11) is 0. The number of hydrogen-bond acceptors (Lipinski definition) is 0. The van der Waals surface area contributed by atoms with Gasteiger partial charge in [-0.2, -0.15) is 13.2 Å². The largest absolute Gasteiger partial charge is 0.417 e. The lowest BCUT2D eigenvalue weighted by Gasteiger charge is -2.15. The molecule has 0 aliphatic carbocycles. The van der Waals surface area contributed by atoms with Gasteiger partial charge in [0.05, 0.1) is 5.56 Å². The molecule has 0 aliphatic heterocycles. The van der Waals surface area contributed by atoms with Crippen molar-refractivity contribution in [3.63, 3.8) is 0 Å². The Morgan fingerprint density at radius 3 is 1.75 bits per heavy atom. The number of hydrogen-bond donors (Lipinski definition) is 0. The Hall–Kier alpha value is -2.55. The van der Waals surface area contributed by atoms with Gasteiger partial charge in [-0.1, -0.05) is 65.7 Å². The van der Waals surface area contributed by atoms with E-state index in [1.165, 1.54) is 12.1 Å². The van der Waals surface area contributed by atoms with Gasteiger partial charge in [0.2, 0.25) is 0 Å². The van der Waals surface area contributed by atoms with Crippen LogP contribution < -0.4 is 0 Å². The number of aryl methyl sites for hydroxylation is 2. The van der Waals surface area contributed by atoms with Crippen LogP contribution in [0.15, 0.2) is 66.7 Å². The highest BCUT2D eigenvalue weighted by Gasteiger charge is 2.33. The van der Waals surface area contributed by atoms with E-state index in [0.717, 1.165) is 22.3 Å². The molecule has 0 aliphatic rings. The molecule has 3 rings (SSSR count). The van der Waals surface area contributed by atoms with Crippen molar-refractivity contribution in [2.75, 3.05) is 0 Å². The topological polar surface area (TPSA) is 0 Å². The molecule has 3 aromatic carbocycles. The number of halogens is 3. The zero-order valence-electron chi connectivity index (χ0n) is 13.5. The molecule has 0 heterocycles. The van der Waals surface area contributed by atoms with Crippen molar-refractivity contribution >= 4 is 0 Å². The second kappa shape index (κ2) is 6.16. The van der Waals surface area contributed by atoms with Gasteiger partial charge in [-0.15, -0.1) is 0 Å². The van der Waals surface area contributed by atoms with Gasteiger partial charge in [0.1, 0.15) is 0 Å². The van der Waals surface area contributed by atoms with Gasteiger partial charge in [-0.25, -0.2) is 0 Å². The maximum absolute atomic E-state index is 13.4. The lowest BCUT2D eigenvalue weighted by atomic mass is 9.93. The highest BCUT2D eigenvalue weighted by Crippen LogP contribution is 2.39. The first kappa shape index (κ1) is 16.3. The van der Waals surface area contributed by atoms with Gasteiger partial charge in [0.25, 0.3) is 0 Å². The van der Waals surface area contributed by atoms with Gasteiger partial charge in [0.15, 0.2) is 0 Å². The quantitative estimate of drug-likeness (QED) is 0.494. The van der Waals surface area contributed by atoms with E-state index in [-0.39, 0.29) is 5.56 Å². The molecule has 0 saturated heterocycles. The van der Waals surface area contributed by atoms with Crippen LogP contribution in [0, 0.1) is 13.8 Å². The summed E-state index contributed by atoms with van der Waals surface area (Å²) in [5.74, 6) is 0. The lowest BCUT2D eigenvalue weighted by Crippen LogP contribution is -2.07. The van der Waals surface area contributed by atoms with Crippen molar-refractivity contribution in [2.24, 2.45) is 0 Å². The van der Waals surface area contributed by atoms with Crippen LogP contribution in [0.2, 0.25) is 0 Å². The summed E-state index contributed by atoms with van der Waals surface area (Å²) < 4.78 is 40.3. The van der Waals surface area contributed by atoms with Gasteiger partial charge >= 0.3 is 6.18 Å². The molecule has 0 aromatic heterocycles. The highest BCUT2D eigenvalue weighted by atomic mass is 19.4. The first-order chi connectivity index (χ1) is 11.3. The summed E-state index contributed by atoms with van der Waals surface area (Å²) in [6.45, 7) is 3.84. The van der Waals surface area contributed by atoms with Crippen LogP contribution in [0.1, 0.15) is 16.7 Å². The predicted octanol–water partition coefficient (Wildman–Crippen LogP) is 6.66.